The number of benzene rings is 2. The second kappa shape index (κ2) is 6.29. The number of nitrogens with two attached hydrogens (primary N) is 1. The van der Waals surface area contributed by atoms with Crippen molar-refractivity contribution in [1.29, 1.82) is 0 Å². The zero-order valence-corrected chi connectivity index (χ0v) is 12.9. The molecule has 2 aromatic rings. The van der Waals surface area contributed by atoms with Gasteiger partial charge in [-0.2, -0.15) is 0 Å². The lowest BCUT2D eigenvalue weighted by atomic mass is 10.1. The Labute approximate surface area is 125 Å². The topological polar surface area (TPSA) is 35.2 Å². The summed E-state index contributed by atoms with van der Waals surface area (Å²) in [6.45, 7) is 6.64. The minimum Gasteiger partial charge on any atom is -0.489 e. The van der Waals surface area contributed by atoms with Crippen LogP contribution in [0.15, 0.2) is 36.4 Å². The Kier molecular flexibility index (Phi) is 4.69. The molecule has 0 bridgehead atoms. The SMILES string of the molecule is Cc1cc(C)cc(COc2ccc(Cl)cc2C(C)N)c1. The lowest BCUT2D eigenvalue weighted by Crippen LogP contribution is -2.08. The molecule has 0 saturated heterocycles. The molecular formula is C17H20ClNO. The van der Waals surface area contributed by atoms with Crippen LogP contribution in [0.5, 0.6) is 5.75 Å². The average Bonchev–Trinajstić information content (AvgIpc) is 2.36. The molecule has 0 spiro atoms. The minimum absolute atomic E-state index is 0.108. The van der Waals surface area contributed by atoms with Crippen molar-refractivity contribution in [2.24, 2.45) is 5.73 Å². The molecule has 0 aromatic heterocycles. The van der Waals surface area contributed by atoms with E-state index in [4.69, 9.17) is 22.1 Å². The maximum Gasteiger partial charge on any atom is 0.124 e. The quantitative estimate of drug-likeness (QED) is 0.896. The first-order valence-electron chi connectivity index (χ1n) is 6.70. The highest BCUT2D eigenvalue weighted by Gasteiger charge is 2.09. The van der Waals surface area contributed by atoms with E-state index in [1.165, 1.54) is 11.1 Å². The van der Waals surface area contributed by atoms with Crippen LogP contribution in [0.25, 0.3) is 0 Å². The maximum absolute atomic E-state index is 6.01. The maximum atomic E-state index is 6.01. The summed E-state index contributed by atoms with van der Waals surface area (Å²) in [6, 6.07) is 11.9. The van der Waals surface area contributed by atoms with Gasteiger partial charge < -0.3 is 10.5 Å². The third-order valence-electron chi connectivity index (χ3n) is 3.14. The summed E-state index contributed by atoms with van der Waals surface area (Å²) < 4.78 is 5.91. The van der Waals surface area contributed by atoms with Crippen molar-refractivity contribution >= 4 is 11.6 Å². The summed E-state index contributed by atoms with van der Waals surface area (Å²) in [7, 11) is 0. The van der Waals surface area contributed by atoms with Gasteiger partial charge in [0, 0.05) is 16.6 Å². The van der Waals surface area contributed by atoms with Crippen LogP contribution in [0.1, 0.15) is 35.2 Å². The highest BCUT2D eigenvalue weighted by Crippen LogP contribution is 2.28. The normalized spacial score (nSPS) is 12.2. The van der Waals surface area contributed by atoms with Crippen LogP contribution >= 0.6 is 11.6 Å². The molecule has 0 aliphatic carbocycles. The summed E-state index contributed by atoms with van der Waals surface area (Å²) in [4.78, 5) is 0. The van der Waals surface area contributed by atoms with Gasteiger partial charge in [0.1, 0.15) is 12.4 Å². The third-order valence-corrected chi connectivity index (χ3v) is 3.37. The Morgan fingerprint density at radius 3 is 2.35 bits per heavy atom. The molecule has 3 heteroatoms. The van der Waals surface area contributed by atoms with Gasteiger partial charge in [-0.15, -0.1) is 0 Å². The first kappa shape index (κ1) is 14.9. The van der Waals surface area contributed by atoms with Crippen LogP contribution in [0.3, 0.4) is 0 Å². The van der Waals surface area contributed by atoms with Crippen LogP contribution in [0.2, 0.25) is 5.02 Å². The van der Waals surface area contributed by atoms with Crippen LogP contribution in [0, 0.1) is 13.8 Å². The van der Waals surface area contributed by atoms with Crippen molar-refractivity contribution in [1.82, 2.24) is 0 Å². The molecule has 0 heterocycles. The summed E-state index contributed by atoms with van der Waals surface area (Å²) in [6.07, 6.45) is 0. The zero-order chi connectivity index (χ0) is 14.7. The lowest BCUT2D eigenvalue weighted by molar-refractivity contribution is 0.301. The summed E-state index contributed by atoms with van der Waals surface area (Å²) in [5.74, 6) is 0.795. The van der Waals surface area contributed by atoms with Gasteiger partial charge in [-0.05, 0) is 44.5 Å². The molecule has 2 aromatic carbocycles. The van der Waals surface area contributed by atoms with Crippen molar-refractivity contribution in [3.05, 3.63) is 63.7 Å². The van der Waals surface area contributed by atoms with Gasteiger partial charge in [0.2, 0.25) is 0 Å². The standard InChI is InChI=1S/C17H20ClNO/c1-11-6-12(2)8-14(7-11)10-20-17-5-4-15(18)9-16(17)13(3)19/h4-9,13H,10,19H2,1-3H3. The fourth-order valence-corrected chi connectivity index (χ4v) is 2.50. The van der Waals surface area contributed by atoms with Crippen molar-refractivity contribution in [2.75, 3.05) is 0 Å². The lowest BCUT2D eigenvalue weighted by Gasteiger charge is -2.15. The molecule has 0 fully saturated rings. The molecule has 2 N–H and O–H groups in total. The third kappa shape index (κ3) is 3.75. The largest absolute Gasteiger partial charge is 0.489 e. The Balaban J connectivity index is 2.18. The van der Waals surface area contributed by atoms with Gasteiger partial charge in [-0.25, -0.2) is 0 Å². The van der Waals surface area contributed by atoms with Crippen molar-refractivity contribution in [3.63, 3.8) is 0 Å². The average molecular weight is 290 g/mol. The van der Waals surface area contributed by atoms with Gasteiger partial charge >= 0.3 is 0 Å². The van der Waals surface area contributed by atoms with Crippen LogP contribution in [0.4, 0.5) is 0 Å². The first-order valence-corrected chi connectivity index (χ1v) is 7.08. The van der Waals surface area contributed by atoms with Gasteiger partial charge in [0.15, 0.2) is 0 Å². The summed E-state index contributed by atoms with van der Waals surface area (Å²) >= 11 is 6.01. The molecule has 0 aliphatic rings. The van der Waals surface area contributed by atoms with E-state index < -0.39 is 0 Å². The molecule has 20 heavy (non-hydrogen) atoms. The minimum atomic E-state index is -0.108. The van der Waals surface area contributed by atoms with Crippen LogP contribution in [-0.4, -0.2) is 0 Å². The summed E-state index contributed by atoms with van der Waals surface area (Å²) in [5, 5.41) is 0.677. The van der Waals surface area contributed by atoms with Crippen molar-refractivity contribution in [3.8, 4) is 5.75 Å². The highest BCUT2D eigenvalue weighted by molar-refractivity contribution is 6.30. The van der Waals surface area contributed by atoms with Crippen LogP contribution in [-0.2, 0) is 6.61 Å². The van der Waals surface area contributed by atoms with E-state index in [9.17, 15) is 0 Å². The Morgan fingerprint density at radius 1 is 1.10 bits per heavy atom. The molecule has 0 saturated carbocycles. The van der Waals surface area contributed by atoms with E-state index in [1.54, 1.807) is 0 Å². The number of halogens is 1. The van der Waals surface area contributed by atoms with E-state index in [1.807, 2.05) is 25.1 Å². The molecule has 1 atom stereocenters. The fourth-order valence-electron chi connectivity index (χ4n) is 2.32. The molecule has 1 unspecified atom stereocenters. The first-order chi connectivity index (χ1) is 9.45. The Morgan fingerprint density at radius 2 is 1.75 bits per heavy atom. The second-order valence-corrected chi connectivity index (χ2v) is 5.69. The molecule has 0 aliphatic heterocycles. The molecule has 2 nitrogen and oxygen atoms in total. The van der Waals surface area contributed by atoms with Crippen molar-refractivity contribution < 1.29 is 4.74 Å². The molecule has 0 radical (unpaired) electrons. The number of aryl methyl sites for hydroxylation is 2. The van der Waals surface area contributed by atoms with Gasteiger partial charge in [-0.1, -0.05) is 40.9 Å². The number of hydrogen-bond donors (Lipinski definition) is 1. The van der Waals surface area contributed by atoms with E-state index in [-0.39, 0.29) is 6.04 Å². The second-order valence-electron chi connectivity index (χ2n) is 5.26. The molecule has 0 amide bonds. The van der Waals surface area contributed by atoms with Gasteiger partial charge in [-0.3, -0.25) is 0 Å². The molecule has 2 rings (SSSR count). The predicted molar refractivity (Wildman–Crippen MR) is 84.3 cm³/mol. The number of hydrogen-bond acceptors (Lipinski definition) is 2. The smallest absolute Gasteiger partial charge is 0.124 e. The van der Waals surface area contributed by atoms with Gasteiger partial charge in [0.05, 0.1) is 0 Å². The Hall–Kier alpha value is -1.51. The zero-order valence-electron chi connectivity index (χ0n) is 12.1. The van der Waals surface area contributed by atoms with Crippen LogP contribution < -0.4 is 10.5 Å². The van der Waals surface area contributed by atoms with E-state index >= 15 is 0 Å². The predicted octanol–water partition coefficient (Wildman–Crippen LogP) is 4.56. The number of ether oxygens (including phenoxy) is 1. The highest BCUT2D eigenvalue weighted by atomic mass is 35.5. The van der Waals surface area contributed by atoms with E-state index in [0.717, 1.165) is 16.9 Å². The van der Waals surface area contributed by atoms with Crippen molar-refractivity contribution in [2.45, 2.75) is 33.4 Å². The van der Waals surface area contributed by atoms with Gasteiger partial charge in [0.25, 0.3) is 0 Å². The Bertz CT molecular complexity index is 588. The monoisotopic (exact) mass is 289 g/mol. The fraction of sp³-hybridized carbons (Fsp3) is 0.294. The van der Waals surface area contributed by atoms with E-state index in [2.05, 4.69) is 32.0 Å². The number of rotatable bonds is 4. The van der Waals surface area contributed by atoms with E-state index in [0.29, 0.717) is 11.6 Å². The molecule has 106 valence electrons. The summed E-state index contributed by atoms with van der Waals surface area (Å²) in [5.41, 5.74) is 10.5. The molecular weight excluding hydrogens is 270 g/mol.